The molecule has 2 rings (SSSR count). The second kappa shape index (κ2) is 7.20. The first-order valence-corrected chi connectivity index (χ1v) is 8.10. The van der Waals surface area contributed by atoms with E-state index in [0.717, 1.165) is 25.8 Å². The smallest absolute Gasteiger partial charge is 0.241 e. The lowest BCUT2D eigenvalue weighted by atomic mass is 10.2. The van der Waals surface area contributed by atoms with Crippen molar-refractivity contribution in [1.29, 1.82) is 0 Å². The molecule has 0 aliphatic carbocycles. The number of carbonyl (C=O) groups is 1. The van der Waals surface area contributed by atoms with Crippen molar-refractivity contribution in [1.82, 2.24) is 10.2 Å². The van der Waals surface area contributed by atoms with Crippen molar-refractivity contribution >= 4 is 17.2 Å². The van der Waals surface area contributed by atoms with Crippen LogP contribution in [0.5, 0.6) is 0 Å². The Morgan fingerprint density at radius 2 is 2.25 bits per heavy atom. The van der Waals surface area contributed by atoms with Crippen LogP contribution in [-0.4, -0.2) is 37.1 Å². The molecule has 2 unspecified atom stereocenters. The van der Waals surface area contributed by atoms with E-state index in [2.05, 4.69) is 31.3 Å². The summed E-state index contributed by atoms with van der Waals surface area (Å²) in [6.45, 7) is 5.66. The molecule has 1 fully saturated rings. The Morgan fingerprint density at radius 3 is 2.85 bits per heavy atom. The minimum absolute atomic E-state index is 0.0325. The number of amides is 1. The summed E-state index contributed by atoms with van der Waals surface area (Å²) in [5.74, 6) is 0.235. The molecule has 1 amide bonds. The fourth-order valence-electron chi connectivity index (χ4n) is 2.63. The van der Waals surface area contributed by atoms with Gasteiger partial charge in [0.1, 0.15) is 6.17 Å². The average Bonchev–Trinajstić information content (AvgIpc) is 2.97. The summed E-state index contributed by atoms with van der Waals surface area (Å²) >= 11 is 1.76. The number of ether oxygens (including phenoxy) is 1. The lowest BCUT2D eigenvalue weighted by Crippen LogP contribution is -2.32. The minimum Gasteiger partial charge on any atom is -0.385 e. The molecular formula is C15H24N2O2S. The van der Waals surface area contributed by atoms with Crippen LogP contribution in [0.1, 0.15) is 42.1 Å². The Morgan fingerprint density at radius 1 is 1.45 bits per heavy atom. The maximum absolute atomic E-state index is 12.5. The third-order valence-electron chi connectivity index (χ3n) is 3.61. The van der Waals surface area contributed by atoms with Gasteiger partial charge in [0.2, 0.25) is 5.91 Å². The van der Waals surface area contributed by atoms with Gasteiger partial charge < -0.3 is 9.64 Å². The van der Waals surface area contributed by atoms with Crippen molar-refractivity contribution in [3.05, 3.63) is 21.9 Å². The maximum Gasteiger partial charge on any atom is 0.241 e. The molecule has 2 atom stereocenters. The van der Waals surface area contributed by atoms with Crippen molar-refractivity contribution in [3.63, 3.8) is 0 Å². The number of thiophene rings is 1. The van der Waals surface area contributed by atoms with Crippen LogP contribution < -0.4 is 5.32 Å². The molecule has 0 saturated carbocycles. The van der Waals surface area contributed by atoms with Crippen LogP contribution in [0.25, 0.3) is 0 Å². The third-order valence-corrected chi connectivity index (χ3v) is 4.66. The first-order valence-electron chi connectivity index (χ1n) is 7.29. The number of rotatable bonds is 7. The molecule has 2 heterocycles. The van der Waals surface area contributed by atoms with Crippen LogP contribution >= 0.6 is 11.3 Å². The average molecular weight is 296 g/mol. The maximum atomic E-state index is 12.5. The Kier molecular flexibility index (Phi) is 5.57. The van der Waals surface area contributed by atoms with Gasteiger partial charge in [0, 0.05) is 30.0 Å². The first kappa shape index (κ1) is 15.5. The van der Waals surface area contributed by atoms with E-state index >= 15 is 0 Å². The highest BCUT2D eigenvalue weighted by Gasteiger charge is 2.39. The van der Waals surface area contributed by atoms with Crippen LogP contribution in [0.2, 0.25) is 0 Å². The fraction of sp³-hybridized carbons (Fsp3) is 0.667. The van der Waals surface area contributed by atoms with Gasteiger partial charge in [0.25, 0.3) is 0 Å². The van der Waals surface area contributed by atoms with Crippen molar-refractivity contribution in [2.45, 2.75) is 45.3 Å². The standard InChI is InChI=1S/C15H24N2O2S/c1-4-6-12-15(18)17(9-5-10-19-3)14(16-12)13-8-7-11(2)20-13/h7-8,12,14,16H,4-6,9-10H2,1-3H3. The monoisotopic (exact) mass is 296 g/mol. The van der Waals surface area contributed by atoms with E-state index in [4.69, 9.17) is 4.74 Å². The number of aryl methyl sites for hydroxylation is 1. The molecule has 0 bridgehead atoms. The normalized spacial score (nSPS) is 22.8. The van der Waals surface area contributed by atoms with E-state index in [1.54, 1.807) is 18.4 Å². The molecule has 20 heavy (non-hydrogen) atoms. The molecule has 1 saturated heterocycles. The Labute approximate surface area is 125 Å². The number of carbonyl (C=O) groups excluding carboxylic acids is 1. The summed E-state index contributed by atoms with van der Waals surface area (Å²) in [5.41, 5.74) is 0. The highest BCUT2D eigenvalue weighted by atomic mass is 32.1. The summed E-state index contributed by atoms with van der Waals surface area (Å²) in [6, 6.07) is 4.21. The van der Waals surface area contributed by atoms with Crippen molar-refractivity contribution in [2.75, 3.05) is 20.3 Å². The molecule has 0 spiro atoms. The molecular weight excluding hydrogens is 272 g/mol. The van der Waals surface area contributed by atoms with Crippen molar-refractivity contribution in [2.24, 2.45) is 0 Å². The van der Waals surface area contributed by atoms with Gasteiger partial charge in [0.05, 0.1) is 6.04 Å². The molecule has 1 aliphatic heterocycles. The van der Waals surface area contributed by atoms with Gasteiger partial charge in [-0.15, -0.1) is 11.3 Å². The Hall–Kier alpha value is -0.910. The third kappa shape index (κ3) is 3.40. The van der Waals surface area contributed by atoms with Gasteiger partial charge in [-0.1, -0.05) is 13.3 Å². The minimum atomic E-state index is -0.0325. The largest absolute Gasteiger partial charge is 0.385 e. The molecule has 0 aromatic carbocycles. The number of methoxy groups -OCH3 is 1. The summed E-state index contributed by atoms with van der Waals surface area (Å²) in [7, 11) is 1.70. The zero-order chi connectivity index (χ0) is 14.5. The molecule has 0 radical (unpaired) electrons. The number of nitrogens with one attached hydrogen (secondary N) is 1. The van der Waals surface area contributed by atoms with Gasteiger partial charge in [-0.2, -0.15) is 0 Å². The molecule has 1 aromatic heterocycles. The van der Waals surface area contributed by atoms with E-state index in [1.807, 2.05) is 4.90 Å². The van der Waals surface area contributed by atoms with Crippen LogP contribution in [0.15, 0.2) is 12.1 Å². The lowest BCUT2D eigenvalue weighted by molar-refractivity contribution is -0.130. The summed E-state index contributed by atoms with van der Waals surface area (Å²) in [6.07, 6.45) is 2.84. The second-order valence-corrected chi connectivity index (χ2v) is 6.56. The van der Waals surface area contributed by atoms with Crippen LogP contribution in [0.3, 0.4) is 0 Å². The van der Waals surface area contributed by atoms with Crippen molar-refractivity contribution in [3.8, 4) is 0 Å². The predicted molar refractivity (Wildman–Crippen MR) is 81.8 cm³/mol. The van der Waals surface area contributed by atoms with Gasteiger partial charge >= 0.3 is 0 Å². The van der Waals surface area contributed by atoms with E-state index in [0.29, 0.717) is 6.61 Å². The Bertz CT molecular complexity index is 447. The SMILES string of the molecule is CCCC1NC(c2ccc(C)s2)N(CCCOC)C1=O. The zero-order valence-corrected chi connectivity index (χ0v) is 13.3. The number of hydrogen-bond donors (Lipinski definition) is 1. The highest BCUT2D eigenvalue weighted by Crippen LogP contribution is 2.31. The topological polar surface area (TPSA) is 41.6 Å². The van der Waals surface area contributed by atoms with E-state index in [-0.39, 0.29) is 18.1 Å². The summed E-state index contributed by atoms with van der Waals surface area (Å²) < 4.78 is 5.10. The fourth-order valence-corrected chi connectivity index (χ4v) is 3.58. The second-order valence-electron chi connectivity index (χ2n) is 5.24. The molecule has 1 aliphatic rings. The number of hydrogen-bond acceptors (Lipinski definition) is 4. The summed E-state index contributed by atoms with van der Waals surface area (Å²) in [5, 5.41) is 3.49. The first-order chi connectivity index (χ1) is 9.67. The van der Waals surface area contributed by atoms with Crippen LogP contribution in [-0.2, 0) is 9.53 Å². The van der Waals surface area contributed by atoms with Gasteiger partial charge in [0.15, 0.2) is 0 Å². The van der Waals surface area contributed by atoms with E-state index < -0.39 is 0 Å². The molecule has 4 nitrogen and oxygen atoms in total. The Balaban J connectivity index is 2.11. The zero-order valence-electron chi connectivity index (χ0n) is 12.5. The lowest BCUT2D eigenvalue weighted by Gasteiger charge is -2.23. The molecule has 5 heteroatoms. The van der Waals surface area contributed by atoms with Gasteiger partial charge in [-0.05, 0) is 31.9 Å². The van der Waals surface area contributed by atoms with Gasteiger partial charge in [-0.3, -0.25) is 10.1 Å². The molecule has 112 valence electrons. The van der Waals surface area contributed by atoms with Crippen LogP contribution in [0.4, 0.5) is 0 Å². The van der Waals surface area contributed by atoms with Crippen LogP contribution in [0, 0.1) is 6.92 Å². The van der Waals surface area contributed by atoms with Gasteiger partial charge in [-0.25, -0.2) is 0 Å². The molecule has 1 N–H and O–H groups in total. The molecule has 1 aromatic rings. The van der Waals surface area contributed by atoms with E-state index in [9.17, 15) is 4.79 Å². The van der Waals surface area contributed by atoms with Crippen molar-refractivity contribution < 1.29 is 9.53 Å². The highest BCUT2D eigenvalue weighted by molar-refractivity contribution is 7.12. The predicted octanol–water partition coefficient (Wildman–Crippen LogP) is 2.69. The quantitative estimate of drug-likeness (QED) is 0.787. The number of nitrogens with zero attached hydrogens (tertiary/aromatic N) is 1. The van der Waals surface area contributed by atoms with E-state index in [1.165, 1.54) is 9.75 Å². The summed E-state index contributed by atoms with van der Waals surface area (Å²) in [4.78, 5) is 17.0.